The fraction of sp³-hybridized carbons (Fsp3) is 0.455. The summed E-state index contributed by atoms with van der Waals surface area (Å²) >= 11 is 11.6. The molecule has 0 aliphatic heterocycles. The van der Waals surface area contributed by atoms with Gasteiger partial charge in [0.25, 0.3) is 0 Å². The first-order valence-electron chi connectivity index (χ1n) is 5.72. The highest BCUT2D eigenvalue weighted by atomic mass is 35.5. The number of aliphatic hydroxyl groups is 2. The third-order valence-electron chi connectivity index (χ3n) is 3.01. The van der Waals surface area contributed by atoms with Gasteiger partial charge in [-0.25, -0.2) is 13.1 Å². The standard InChI is InChI=1S/C11H16Cl2N2O4S/c1-2-11(5-16,6-17)15-20(18,19)8-4-3-7(12)10(14)9(8)13/h3-4,15-17H,2,5-6,14H2,1H3. The van der Waals surface area contributed by atoms with E-state index in [0.717, 1.165) is 0 Å². The zero-order chi connectivity index (χ0) is 15.6. The maximum Gasteiger partial charge on any atom is 0.242 e. The first-order chi connectivity index (χ1) is 9.23. The zero-order valence-electron chi connectivity index (χ0n) is 10.7. The molecule has 0 aromatic heterocycles. The van der Waals surface area contributed by atoms with Gasteiger partial charge in [-0.3, -0.25) is 0 Å². The number of hydrogen-bond donors (Lipinski definition) is 4. The fourth-order valence-corrected chi connectivity index (χ4v) is 3.73. The summed E-state index contributed by atoms with van der Waals surface area (Å²) in [6, 6.07) is 2.52. The molecular weight excluding hydrogens is 327 g/mol. The van der Waals surface area contributed by atoms with Crippen molar-refractivity contribution in [3.8, 4) is 0 Å². The minimum absolute atomic E-state index is 0.0497. The number of nitrogen functional groups attached to an aromatic ring is 1. The van der Waals surface area contributed by atoms with E-state index in [1.165, 1.54) is 12.1 Å². The molecule has 1 rings (SSSR count). The Balaban J connectivity index is 3.28. The topological polar surface area (TPSA) is 113 Å². The molecule has 9 heteroatoms. The molecule has 6 nitrogen and oxygen atoms in total. The number of nitrogens with two attached hydrogens (primary N) is 1. The van der Waals surface area contributed by atoms with Crippen LogP contribution >= 0.6 is 23.2 Å². The number of rotatable bonds is 6. The van der Waals surface area contributed by atoms with Gasteiger partial charge in [0, 0.05) is 0 Å². The Morgan fingerprint density at radius 1 is 1.30 bits per heavy atom. The van der Waals surface area contributed by atoms with Crippen LogP contribution in [0.1, 0.15) is 13.3 Å². The normalized spacial score (nSPS) is 12.7. The lowest BCUT2D eigenvalue weighted by Gasteiger charge is -2.29. The van der Waals surface area contributed by atoms with Crippen LogP contribution in [-0.2, 0) is 10.0 Å². The molecule has 0 spiro atoms. The van der Waals surface area contributed by atoms with Crippen LogP contribution in [0.2, 0.25) is 10.0 Å². The molecule has 1 aromatic carbocycles. The lowest BCUT2D eigenvalue weighted by atomic mass is 10.0. The van der Waals surface area contributed by atoms with Gasteiger partial charge in [0.2, 0.25) is 10.0 Å². The quantitative estimate of drug-likeness (QED) is 0.576. The van der Waals surface area contributed by atoms with Gasteiger partial charge in [0.15, 0.2) is 0 Å². The van der Waals surface area contributed by atoms with Crippen molar-refractivity contribution in [1.82, 2.24) is 4.72 Å². The van der Waals surface area contributed by atoms with Gasteiger partial charge in [-0.2, -0.15) is 0 Å². The molecule has 0 bridgehead atoms. The van der Waals surface area contributed by atoms with Gasteiger partial charge in [-0.1, -0.05) is 30.1 Å². The molecule has 1 aromatic rings. The molecule has 0 atom stereocenters. The number of nitrogens with one attached hydrogen (secondary N) is 1. The lowest BCUT2D eigenvalue weighted by molar-refractivity contribution is 0.105. The first-order valence-corrected chi connectivity index (χ1v) is 7.96. The van der Waals surface area contributed by atoms with E-state index in [9.17, 15) is 18.6 Å². The molecule has 0 saturated carbocycles. The second-order valence-electron chi connectivity index (χ2n) is 4.33. The van der Waals surface area contributed by atoms with E-state index in [1.807, 2.05) is 0 Å². The van der Waals surface area contributed by atoms with Gasteiger partial charge in [0.05, 0.1) is 34.5 Å². The third-order valence-corrected chi connectivity index (χ3v) is 5.48. The molecule has 5 N–H and O–H groups in total. The van der Waals surface area contributed by atoms with E-state index < -0.39 is 28.8 Å². The van der Waals surface area contributed by atoms with E-state index in [2.05, 4.69) is 4.72 Å². The minimum atomic E-state index is -4.06. The molecule has 0 saturated heterocycles. The average Bonchev–Trinajstić information content (AvgIpc) is 2.42. The highest BCUT2D eigenvalue weighted by Gasteiger charge is 2.34. The van der Waals surface area contributed by atoms with Crippen molar-refractivity contribution in [2.75, 3.05) is 18.9 Å². The van der Waals surface area contributed by atoms with Crippen molar-refractivity contribution in [2.24, 2.45) is 0 Å². The van der Waals surface area contributed by atoms with Gasteiger partial charge >= 0.3 is 0 Å². The lowest BCUT2D eigenvalue weighted by Crippen LogP contribution is -2.53. The van der Waals surface area contributed by atoms with Crippen molar-refractivity contribution < 1.29 is 18.6 Å². The number of aliphatic hydroxyl groups excluding tert-OH is 2. The SMILES string of the molecule is CCC(CO)(CO)NS(=O)(=O)c1ccc(Cl)c(N)c1Cl. The summed E-state index contributed by atoms with van der Waals surface area (Å²) in [5.41, 5.74) is 4.17. The monoisotopic (exact) mass is 342 g/mol. The number of hydrogen-bond acceptors (Lipinski definition) is 5. The highest BCUT2D eigenvalue weighted by Crippen LogP contribution is 2.33. The zero-order valence-corrected chi connectivity index (χ0v) is 13.1. The van der Waals surface area contributed by atoms with E-state index in [4.69, 9.17) is 28.9 Å². The van der Waals surface area contributed by atoms with Crippen molar-refractivity contribution >= 4 is 38.9 Å². The second kappa shape index (κ2) is 6.46. The number of halogens is 2. The summed E-state index contributed by atoms with van der Waals surface area (Å²) in [5, 5.41) is 18.5. The Morgan fingerprint density at radius 3 is 2.30 bits per heavy atom. The molecule has 0 aliphatic carbocycles. The van der Waals surface area contributed by atoms with Crippen LogP contribution in [0, 0.1) is 0 Å². The number of anilines is 1. The maximum absolute atomic E-state index is 12.3. The van der Waals surface area contributed by atoms with Crippen LogP contribution in [0.3, 0.4) is 0 Å². The van der Waals surface area contributed by atoms with Gasteiger partial charge < -0.3 is 15.9 Å². The van der Waals surface area contributed by atoms with Crippen LogP contribution in [-0.4, -0.2) is 37.4 Å². The Morgan fingerprint density at radius 2 is 1.85 bits per heavy atom. The molecule has 0 aliphatic rings. The summed E-state index contributed by atoms with van der Waals surface area (Å²) in [6.07, 6.45) is 0.194. The molecule has 114 valence electrons. The summed E-state index contributed by atoms with van der Waals surface area (Å²) in [4.78, 5) is -0.263. The smallest absolute Gasteiger partial charge is 0.242 e. The van der Waals surface area contributed by atoms with E-state index >= 15 is 0 Å². The summed E-state index contributed by atoms with van der Waals surface area (Å²) in [7, 11) is -4.06. The van der Waals surface area contributed by atoms with Crippen molar-refractivity contribution in [2.45, 2.75) is 23.8 Å². The predicted molar refractivity (Wildman–Crippen MR) is 78.4 cm³/mol. The van der Waals surface area contributed by atoms with Crippen LogP contribution in [0.15, 0.2) is 17.0 Å². The Bertz CT molecular complexity index is 580. The van der Waals surface area contributed by atoms with Crippen molar-refractivity contribution in [3.63, 3.8) is 0 Å². The molecule has 20 heavy (non-hydrogen) atoms. The summed E-state index contributed by atoms with van der Waals surface area (Å²) < 4.78 is 26.8. The largest absolute Gasteiger partial charge is 0.396 e. The van der Waals surface area contributed by atoms with E-state index in [1.54, 1.807) is 6.92 Å². The van der Waals surface area contributed by atoms with Gasteiger partial charge in [-0.05, 0) is 18.6 Å². The Labute approximate surface area is 127 Å². The van der Waals surface area contributed by atoms with Crippen molar-refractivity contribution in [3.05, 3.63) is 22.2 Å². The Hall–Kier alpha value is -0.570. The summed E-state index contributed by atoms with van der Waals surface area (Å²) in [6.45, 7) is 0.520. The molecular formula is C11H16Cl2N2O4S. The molecule has 0 unspecified atom stereocenters. The Kier molecular flexibility index (Phi) is 5.65. The van der Waals surface area contributed by atoms with Crippen LogP contribution in [0.5, 0.6) is 0 Å². The maximum atomic E-state index is 12.3. The van der Waals surface area contributed by atoms with Gasteiger partial charge in [0.1, 0.15) is 4.90 Å². The average molecular weight is 343 g/mol. The van der Waals surface area contributed by atoms with Gasteiger partial charge in [-0.15, -0.1) is 0 Å². The van der Waals surface area contributed by atoms with Crippen LogP contribution < -0.4 is 10.5 Å². The molecule has 0 heterocycles. The summed E-state index contributed by atoms with van der Waals surface area (Å²) in [5.74, 6) is 0. The number of sulfonamides is 1. The highest BCUT2D eigenvalue weighted by molar-refractivity contribution is 7.89. The minimum Gasteiger partial charge on any atom is -0.396 e. The molecule has 0 amide bonds. The number of benzene rings is 1. The fourth-order valence-electron chi connectivity index (χ4n) is 1.51. The molecule has 0 fully saturated rings. The van der Waals surface area contributed by atoms with E-state index in [0.29, 0.717) is 0 Å². The van der Waals surface area contributed by atoms with Crippen molar-refractivity contribution in [1.29, 1.82) is 0 Å². The second-order valence-corrected chi connectivity index (χ2v) is 6.76. The first kappa shape index (κ1) is 17.5. The van der Waals surface area contributed by atoms with Crippen LogP contribution in [0.25, 0.3) is 0 Å². The third kappa shape index (κ3) is 3.36. The van der Waals surface area contributed by atoms with E-state index in [-0.39, 0.29) is 27.0 Å². The molecule has 0 radical (unpaired) electrons. The van der Waals surface area contributed by atoms with Crippen LogP contribution in [0.4, 0.5) is 5.69 Å². The predicted octanol–water partition coefficient (Wildman–Crippen LogP) is 0.987.